The molecule has 0 fully saturated rings. The number of tetrazole rings is 1. The molecule has 1 aromatic heterocycles. The fourth-order valence-corrected chi connectivity index (χ4v) is 0.872. The van der Waals surface area contributed by atoms with Crippen LogP contribution in [0.1, 0.15) is 25.8 Å². The van der Waals surface area contributed by atoms with Crippen LogP contribution in [0.3, 0.4) is 0 Å². The first-order chi connectivity index (χ1) is 7.29. The quantitative estimate of drug-likeness (QED) is 0.492. The molecule has 0 aliphatic carbocycles. The van der Waals surface area contributed by atoms with Crippen molar-refractivity contribution in [1.82, 2.24) is 15.5 Å². The van der Waals surface area contributed by atoms with Crippen LogP contribution in [-0.4, -0.2) is 29.9 Å². The molecular weight excluding hydrogens is 231 g/mol. The maximum absolute atomic E-state index is 9.75. The van der Waals surface area contributed by atoms with Gasteiger partial charge in [-0.25, -0.2) is 0 Å². The number of hydrogen-bond donors (Lipinski definition) is 1. The summed E-state index contributed by atoms with van der Waals surface area (Å²) < 4.78 is 45.9. The van der Waals surface area contributed by atoms with Crippen molar-refractivity contribution in [2.24, 2.45) is 0 Å². The number of ether oxygens (including phenoxy) is 1. The second-order valence-corrected chi connectivity index (χ2v) is 2.78. The third kappa shape index (κ3) is 6.33. The number of halogens is 4. The van der Waals surface area contributed by atoms with Crippen LogP contribution in [0.5, 0.6) is 0 Å². The molecule has 0 aliphatic heterocycles. The van der Waals surface area contributed by atoms with E-state index in [1.165, 1.54) is 0 Å². The molecule has 1 aromatic rings. The second-order valence-electron chi connectivity index (χ2n) is 2.78. The summed E-state index contributed by atoms with van der Waals surface area (Å²) in [6.45, 7) is 4.78. The zero-order chi connectivity index (χ0) is 12.8. The van der Waals surface area contributed by atoms with Gasteiger partial charge in [0.15, 0.2) is 5.21 Å². The molecule has 0 aromatic carbocycles. The molecule has 5 nitrogen and oxygen atoms in total. The number of aryl methyl sites for hydroxylation is 1. The van der Waals surface area contributed by atoms with Gasteiger partial charge in [-0.1, -0.05) is 5.21 Å². The Morgan fingerprint density at radius 3 is 2.31 bits per heavy atom. The van der Waals surface area contributed by atoms with Gasteiger partial charge in [-0.05, 0) is 13.8 Å². The average Bonchev–Trinajstić information content (AvgIpc) is 2.61. The van der Waals surface area contributed by atoms with Gasteiger partial charge >= 0.3 is 13.1 Å². The van der Waals surface area contributed by atoms with Gasteiger partial charge in [-0.15, -0.1) is 0 Å². The average molecular weight is 244 g/mol. The minimum atomic E-state index is -6.00. The molecule has 1 rings (SSSR count). The minimum absolute atomic E-state index is 0.00583. The number of hydrogen-bond acceptors (Lipinski definition) is 3. The van der Waals surface area contributed by atoms with Gasteiger partial charge in [-0.2, -0.15) is 4.68 Å². The molecule has 0 amide bonds. The molecule has 94 valence electrons. The Bertz CT molecular complexity index is 299. The van der Waals surface area contributed by atoms with Crippen molar-refractivity contribution in [3.63, 3.8) is 0 Å². The van der Waals surface area contributed by atoms with Crippen LogP contribution < -0.4 is 4.68 Å². The van der Waals surface area contributed by atoms with Gasteiger partial charge < -0.3 is 22.0 Å². The van der Waals surface area contributed by atoms with Gasteiger partial charge in [-0.3, -0.25) is 0 Å². The molecule has 0 aliphatic rings. The molecule has 0 bridgehead atoms. The van der Waals surface area contributed by atoms with Crippen molar-refractivity contribution in [1.29, 1.82) is 0 Å². The predicted octanol–water partition coefficient (Wildman–Crippen LogP) is 1.12. The van der Waals surface area contributed by atoms with E-state index in [4.69, 9.17) is 4.74 Å². The van der Waals surface area contributed by atoms with Crippen LogP contribution in [0.4, 0.5) is 17.3 Å². The third-order valence-corrected chi connectivity index (χ3v) is 1.63. The fraction of sp³-hybridized carbons (Fsp3) is 0.833. The second kappa shape index (κ2) is 6.41. The van der Waals surface area contributed by atoms with Gasteiger partial charge in [0.1, 0.15) is 11.2 Å². The summed E-state index contributed by atoms with van der Waals surface area (Å²) in [7, 11) is -4.35. The fourth-order valence-electron chi connectivity index (χ4n) is 0.872. The normalized spacial score (nSPS) is 12.9. The molecule has 1 N–H and O–H groups in total. The molecule has 1 unspecified atom stereocenters. The Labute approximate surface area is 89.9 Å². The van der Waals surface area contributed by atoms with E-state index in [-0.39, 0.29) is 6.10 Å². The number of aromatic nitrogens is 4. The highest BCUT2D eigenvalue weighted by Crippen LogP contribution is 2.06. The predicted molar refractivity (Wildman–Crippen MR) is 47.9 cm³/mol. The van der Waals surface area contributed by atoms with Crippen LogP contribution in [-0.2, 0) is 11.3 Å². The topological polar surface area (TPSA) is 54.7 Å². The van der Waals surface area contributed by atoms with Crippen LogP contribution in [0.25, 0.3) is 0 Å². The van der Waals surface area contributed by atoms with Crippen LogP contribution >= 0.6 is 0 Å². The highest BCUT2D eigenvalue weighted by Gasteiger charge is 2.20. The molecule has 16 heavy (non-hydrogen) atoms. The largest absolute Gasteiger partial charge is 0.673 e. The Balaban J connectivity index is 0.000000385. The SMILES string of the molecule is CC[n+]1[nH]nnc1C(C)OC.F[B-](F)(F)F. The van der Waals surface area contributed by atoms with Crippen molar-refractivity contribution in [2.45, 2.75) is 26.5 Å². The zero-order valence-electron chi connectivity index (χ0n) is 9.12. The van der Waals surface area contributed by atoms with E-state index in [1.807, 2.05) is 18.5 Å². The van der Waals surface area contributed by atoms with Crippen molar-refractivity contribution in [3.05, 3.63) is 5.82 Å². The van der Waals surface area contributed by atoms with Crippen LogP contribution in [0.15, 0.2) is 0 Å². The lowest BCUT2D eigenvalue weighted by molar-refractivity contribution is -0.760. The van der Waals surface area contributed by atoms with Gasteiger partial charge in [0.25, 0.3) is 0 Å². The molecule has 1 atom stereocenters. The minimum Gasteiger partial charge on any atom is -0.418 e. The first-order valence-electron chi connectivity index (χ1n) is 4.50. The molecule has 0 spiro atoms. The number of rotatable bonds is 3. The molecule has 10 heteroatoms. The summed E-state index contributed by atoms with van der Waals surface area (Å²) >= 11 is 0. The van der Waals surface area contributed by atoms with Crippen LogP contribution in [0, 0.1) is 0 Å². The van der Waals surface area contributed by atoms with E-state index in [0.29, 0.717) is 0 Å². The van der Waals surface area contributed by atoms with Gasteiger partial charge in [0.05, 0.1) is 6.54 Å². The Kier molecular flexibility index (Phi) is 5.93. The summed E-state index contributed by atoms with van der Waals surface area (Å²) in [5.41, 5.74) is 0. The molecule has 0 saturated heterocycles. The summed E-state index contributed by atoms with van der Waals surface area (Å²) in [4.78, 5) is 0. The highest BCUT2D eigenvalue weighted by molar-refractivity contribution is 6.50. The lowest BCUT2D eigenvalue weighted by Gasteiger charge is -2.01. The first-order valence-corrected chi connectivity index (χ1v) is 4.50. The number of H-pyrrole nitrogens is 1. The molecule has 1 heterocycles. The van der Waals surface area contributed by atoms with Crippen molar-refractivity contribution >= 4 is 7.25 Å². The lowest BCUT2D eigenvalue weighted by atomic mass is 10.3. The summed E-state index contributed by atoms with van der Waals surface area (Å²) in [5.74, 6) is 0.829. The molecule has 0 radical (unpaired) electrons. The molecule has 0 saturated carbocycles. The highest BCUT2D eigenvalue weighted by atomic mass is 19.5. The summed E-state index contributed by atoms with van der Waals surface area (Å²) in [6.07, 6.45) is -0.00583. The van der Waals surface area contributed by atoms with E-state index in [1.54, 1.807) is 7.11 Å². The summed E-state index contributed by atoms with van der Waals surface area (Å²) in [6, 6.07) is 0. The number of methoxy groups -OCH3 is 1. The van der Waals surface area contributed by atoms with Gasteiger partial charge in [0, 0.05) is 7.11 Å². The number of nitrogens with zero attached hydrogens (tertiary/aromatic N) is 3. The van der Waals surface area contributed by atoms with E-state index >= 15 is 0 Å². The van der Waals surface area contributed by atoms with E-state index in [9.17, 15) is 17.3 Å². The van der Waals surface area contributed by atoms with E-state index in [2.05, 4.69) is 15.5 Å². The summed E-state index contributed by atoms with van der Waals surface area (Å²) in [5, 5.41) is 10.3. The van der Waals surface area contributed by atoms with Crippen molar-refractivity contribution in [3.8, 4) is 0 Å². The standard InChI is InChI=1S/C6H12N4O.BF4/c1-4-10-6(5(2)11-3)7-8-9-10;2-1(3,4)5/h5H,4H2,1-3H3;/q;-1/p+1. The smallest absolute Gasteiger partial charge is 0.418 e. The Hall–Kier alpha value is -1.19. The Morgan fingerprint density at radius 1 is 1.44 bits per heavy atom. The zero-order valence-corrected chi connectivity index (χ0v) is 9.12. The monoisotopic (exact) mass is 244 g/mol. The first kappa shape index (κ1) is 14.8. The van der Waals surface area contributed by atoms with Crippen LogP contribution in [0.2, 0.25) is 0 Å². The lowest BCUT2D eigenvalue weighted by Crippen LogP contribution is -2.39. The Morgan fingerprint density at radius 2 is 1.94 bits per heavy atom. The maximum Gasteiger partial charge on any atom is 0.673 e. The van der Waals surface area contributed by atoms with E-state index in [0.717, 1.165) is 12.4 Å². The number of nitrogens with one attached hydrogen (secondary N) is 1. The van der Waals surface area contributed by atoms with Crippen molar-refractivity contribution in [2.75, 3.05) is 7.11 Å². The van der Waals surface area contributed by atoms with E-state index < -0.39 is 7.25 Å². The van der Waals surface area contributed by atoms with Gasteiger partial charge in [0.2, 0.25) is 0 Å². The number of aromatic amines is 1. The van der Waals surface area contributed by atoms with Crippen molar-refractivity contribution < 1.29 is 26.7 Å². The third-order valence-electron chi connectivity index (χ3n) is 1.63. The molecular formula is C6H13BF4N4O. The maximum atomic E-state index is 9.75.